The van der Waals surface area contributed by atoms with Crippen molar-refractivity contribution in [3.63, 3.8) is 0 Å². The van der Waals surface area contributed by atoms with Crippen molar-refractivity contribution in [2.75, 3.05) is 20.7 Å². The zero-order chi connectivity index (χ0) is 14.5. The molecule has 20 heavy (non-hydrogen) atoms. The highest BCUT2D eigenvalue weighted by Gasteiger charge is 2.29. The number of benzene rings is 1. The first-order valence-electron chi connectivity index (χ1n) is 7.23. The average Bonchev–Trinajstić information content (AvgIpc) is 2.48. The molecule has 0 aromatic heterocycles. The third-order valence-corrected chi connectivity index (χ3v) is 4.03. The van der Waals surface area contributed by atoms with Crippen molar-refractivity contribution in [3.05, 3.63) is 29.8 Å². The van der Waals surface area contributed by atoms with Crippen LogP contribution in [-0.2, 0) is 11.3 Å². The molecule has 1 heterocycles. The summed E-state index contributed by atoms with van der Waals surface area (Å²) < 4.78 is 5.14. The quantitative estimate of drug-likeness (QED) is 0.915. The van der Waals surface area contributed by atoms with Crippen molar-refractivity contribution in [1.82, 2.24) is 10.2 Å². The van der Waals surface area contributed by atoms with Crippen LogP contribution in [0.4, 0.5) is 0 Å². The van der Waals surface area contributed by atoms with Gasteiger partial charge in [0.15, 0.2) is 0 Å². The van der Waals surface area contributed by atoms with Gasteiger partial charge in [-0.2, -0.15) is 0 Å². The summed E-state index contributed by atoms with van der Waals surface area (Å²) in [4.78, 5) is 14.3. The van der Waals surface area contributed by atoms with E-state index in [1.54, 1.807) is 7.11 Å². The SMILES string of the molecule is COc1ccc(CN(C)C(=O)C2CCCNC2C)cc1. The second kappa shape index (κ2) is 6.75. The zero-order valence-corrected chi connectivity index (χ0v) is 12.6. The fraction of sp³-hybridized carbons (Fsp3) is 0.562. The molecular formula is C16H24N2O2. The second-order valence-electron chi connectivity index (χ2n) is 5.53. The Morgan fingerprint density at radius 3 is 2.70 bits per heavy atom. The van der Waals surface area contributed by atoms with Gasteiger partial charge in [0.25, 0.3) is 0 Å². The number of amides is 1. The first-order chi connectivity index (χ1) is 9.61. The molecule has 0 spiro atoms. The Morgan fingerprint density at radius 2 is 2.10 bits per heavy atom. The number of carbonyl (C=O) groups is 1. The van der Waals surface area contributed by atoms with Crippen LogP contribution in [0, 0.1) is 5.92 Å². The van der Waals surface area contributed by atoms with Crippen molar-refractivity contribution >= 4 is 5.91 Å². The number of rotatable bonds is 4. The summed E-state index contributed by atoms with van der Waals surface area (Å²) >= 11 is 0. The normalized spacial score (nSPS) is 22.4. The lowest BCUT2D eigenvalue weighted by atomic mass is 9.90. The molecule has 0 aliphatic carbocycles. The highest BCUT2D eigenvalue weighted by molar-refractivity contribution is 5.79. The van der Waals surface area contributed by atoms with Gasteiger partial charge in [-0.15, -0.1) is 0 Å². The molecule has 1 fully saturated rings. The fourth-order valence-corrected chi connectivity index (χ4v) is 2.75. The summed E-state index contributed by atoms with van der Waals surface area (Å²) in [5, 5.41) is 3.38. The molecule has 2 atom stereocenters. The van der Waals surface area contributed by atoms with Crippen LogP contribution in [0.25, 0.3) is 0 Å². The van der Waals surface area contributed by atoms with E-state index in [0.717, 1.165) is 30.7 Å². The van der Waals surface area contributed by atoms with Crippen molar-refractivity contribution in [3.8, 4) is 5.75 Å². The van der Waals surface area contributed by atoms with Crippen LogP contribution in [0.5, 0.6) is 5.75 Å². The highest BCUT2D eigenvalue weighted by atomic mass is 16.5. The van der Waals surface area contributed by atoms with E-state index in [1.807, 2.05) is 36.2 Å². The molecule has 0 saturated carbocycles. The molecule has 0 bridgehead atoms. The van der Waals surface area contributed by atoms with Gasteiger partial charge in [0, 0.05) is 19.6 Å². The van der Waals surface area contributed by atoms with Crippen LogP contribution in [0.1, 0.15) is 25.3 Å². The fourth-order valence-electron chi connectivity index (χ4n) is 2.75. The second-order valence-corrected chi connectivity index (χ2v) is 5.53. The summed E-state index contributed by atoms with van der Waals surface area (Å²) in [5.74, 6) is 1.18. The molecule has 1 N–H and O–H groups in total. The van der Waals surface area contributed by atoms with Crippen LogP contribution in [0.3, 0.4) is 0 Å². The molecular weight excluding hydrogens is 252 g/mol. The Bertz CT molecular complexity index is 444. The van der Waals surface area contributed by atoms with Crippen molar-refractivity contribution in [2.45, 2.75) is 32.4 Å². The monoisotopic (exact) mass is 276 g/mol. The molecule has 1 aromatic rings. The zero-order valence-electron chi connectivity index (χ0n) is 12.6. The summed E-state index contributed by atoms with van der Waals surface area (Å²) in [6.45, 7) is 3.77. The predicted octanol–water partition coefficient (Wildman–Crippen LogP) is 2.04. The number of piperidine rings is 1. The van der Waals surface area contributed by atoms with Gasteiger partial charge < -0.3 is 15.0 Å². The van der Waals surface area contributed by atoms with Crippen LogP contribution < -0.4 is 10.1 Å². The molecule has 2 rings (SSSR count). The number of nitrogens with one attached hydrogen (secondary N) is 1. The van der Waals surface area contributed by atoms with Crippen molar-refractivity contribution in [2.24, 2.45) is 5.92 Å². The van der Waals surface area contributed by atoms with Crippen LogP contribution in [-0.4, -0.2) is 37.6 Å². The van der Waals surface area contributed by atoms with E-state index in [1.165, 1.54) is 0 Å². The Hall–Kier alpha value is -1.55. The van der Waals surface area contributed by atoms with Gasteiger partial charge in [-0.1, -0.05) is 12.1 Å². The van der Waals surface area contributed by atoms with Gasteiger partial charge in [0.1, 0.15) is 5.75 Å². The van der Waals surface area contributed by atoms with Gasteiger partial charge in [0.05, 0.1) is 13.0 Å². The van der Waals surface area contributed by atoms with Gasteiger partial charge in [0.2, 0.25) is 5.91 Å². The summed E-state index contributed by atoms with van der Waals surface area (Å²) in [6, 6.07) is 8.14. The largest absolute Gasteiger partial charge is 0.497 e. The maximum absolute atomic E-state index is 12.5. The smallest absolute Gasteiger partial charge is 0.227 e. The summed E-state index contributed by atoms with van der Waals surface area (Å²) in [6.07, 6.45) is 2.07. The van der Waals surface area contributed by atoms with Crippen LogP contribution in [0.15, 0.2) is 24.3 Å². The Kier molecular flexibility index (Phi) is 5.01. The predicted molar refractivity (Wildman–Crippen MR) is 79.7 cm³/mol. The van der Waals surface area contributed by atoms with Crippen molar-refractivity contribution in [1.29, 1.82) is 0 Å². The lowest BCUT2D eigenvalue weighted by Gasteiger charge is -2.32. The van der Waals surface area contributed by atoms with Gasteiger partial charge >= 0.3 is 0 Å². The number of ether oxygens (including phenoxy) is 1. The van der Waals surface area contributed by atoms with E-state index in [2.05, 4.69) is 12.2 Å². The number of nitrogens with zero attached hydrogens (tertiary/aromatic N) is 1. The number of methoxy groups -OCH3 is 1. The Labute approximate surface area is 121 Å². The first kappa shape index (κ1) is 14.9. The molecule has 1 aliphatic rings. The van der Waals surface area contributed by atoms with Gasteiger partial charge in [-0.05, 0) is 44.0 Å². The van der Waals surface area contributed by atoms with E-state index in [4.69, 9.17) is 4.74 Å². The summed E-state index contributed by atoms with van der Waals surface area (Å²) in [7, 11) is 3.54. The van der Waals surface area contributed by atoms with Crippen LogP contribution >= 0.6 is 0 Å². The minimum Gasteiger partial charge on any atom is -0.497 e. The lowest BCUT2D eigenvalue weighted by Crippen LogP contribution is -2.47. The minimum atomic E-state index is 0.104. The van der Waals surface area contributed by atoms with Gasteiger partial charge in [-0.25, -0.2) is 0 Å². The first-order valence-corrected chi connectivity index (χ1v) is 7.23. The molecule has 1 aliphatic heterocycles. The van der Waals surface area contributed by atoms with E-state index in [0.29, 0.717) is 6.54 Å². The number of carbonyl (C=O) groups excluding carboxylic acids is 1. The molecule has 4 nitrogen and oxygen atoms in total. The molecule has 1 aromatic carbocycles. The Morgan fingerprint density at radius 1 is 1.40 bits per heavy atom. The van der Waals surface area contributed by atoms with E-state index >= 15 is 0 Å². The van der Waals surface area contributed by atoms with Gasteiger partial charge in [-0.3, -0.25) is 4.79 Å². The molecule has 0 radical (unpaired) electrons. The molecule has 110 valence electrons. The Balaban J connectivity index is 1.95. The third kappa shape index (κ3) is 3.51. The van der Waals surface area contributed by atoms with E-state index in [-0.39, 0.29) is 17.9 Å². The molecule has 1 saturated heterocycles. The molecule has 2 unspecified atom stereocenters. The standard InChI is InChI=1S/C16H24N2O2/c1-12-15(5-4-10-17-12)16(19)18(2)11-13-6-8-14(20-3)9-7-13/h6-9,12,15,17H,4-5,10-11H2,1-3H3. The van der Waals surface area contributed by atoms with Crippen molar-refractivity contribution < 1.29 is 9.53 Å². The summed E-state index contributed by atoms with van der Waals surface area (Å²) in [5.41, 5.74) is 1.12. The number of hydrogen-bond acceptors (Lipinski definition) is 3. The maximum Gasteiger partial charge on any atom is 0.227 e. The third-order valence-electron chi connectivity index (χ3n) is 4.03. The van der Waals surface area contributed by atoms with E-state index in [9.17, 15) is 4.79 Å². The number of hydrogen-bond donors (Lipinski definition) is 1. The average molecular weight is 276 g/mol. The van der Waals surface area contributed by atoms with Crippen LogP contribution in [0.2, 0.25) is 0 Å². The maximum atomic E-state index is 12.5. The van der Waals surface area contributed by atoms with E-state index < -0.39 is 0 Å². The highest BCUT2D eigenvalue weighted by Crippen LogP contribution is 2.20. The topological polar surface area (TPSA) is 41.6 Å². The lowest BCUT2D eigenvalue weighted by molar-refractivity contribution is -0.136. The molecule has 4 heteroatoms. The molecule has 1 amide bonds. The minimum absolute atomic E-state index is 0.104.